The molecule has 2 saturated heterocycles. The fourth-order valence-electron chi connectivity index (χ4n) is 2.62. The predicted octanol–water partition coefficient (Wildman–Crippen LogP) is 0.258. The van der Waals surface area contributed by atoms with E-state index in [0.717, 1.165) is 52.0 Å². The summed E-state index contributed by atoms with van der Waals surface area (Å²) in [5, 5.41) is 3.21. The average molecular weight is 320 g/mol. The van der Waals surface area contributed by atoms with Crippen LogP contribution in [-0.2, 0) is 14.3 Å². The molecule has 0 bridgehead atoms. The van der Waals surface area contributed by atoms with Crippen molar-refractivity contribution in [2.45, 2.75) is 31.8 Å². The van der Waals surface area contributed by atoms with Gasteiger partial charge in [-0.25, -0.2) is 0 Å². The molecule has 0 radical (unpaired) electrons. The van der Waals surface area contributed by atoms with Gasteiger partial charge in [0.05, 0.1) is 19.1 Å². The van der Waals surface area contributed by atoms with E-state index in [0.29, 0.717) is 6.42 Å². The third-order valence-electron chi connectivity index (χ3n) is 3.94. The Labute approximate surface area is 132 Å². The number of carbonyl (C=O) groups is 2. The largest absolute Gasteiger partial charge is 0.378 e. The van der Waals surface area contributed by atoms with Crippen LogP contribution in [0.2, 0.25) is 0 Å². The van der Waals surface area contributed by atoms with E-state index < -0.39 is 0 Å². The second kappa shape index (κ2) is 9.23. The molecule has 2 amide bonds. The standard InChI is InChI=1S/C14H25N3O3.ClH/c1-16(11-14(19)17-7-5-15-6-8-17)13(18)10-12-4-2-3-9-20-12;/h12,15H,2-11H2,1H3;1H. The molecule has 7 heteroatoms. The van der Waals surface area contributed by atoms with Crippen LogP contribution >= 0.6 is 12.4 Å². The molecule has 1 unspecified atom stereocenters. The maximum atomic E-state index is 12.1. The zero-order chi connectivity index (χ0) is 14.4. The summed E-state index contributed by atoms with van der Waals surface area (Å²) in [7, 11) is 1.70. The highest BCUT2D eigenvalue weighted by atomic mass is 35.5. The first kappa shape index (κ1) is 18.2. The number of ether oxygens (including phenoxy) is 1. The normalized spacial score (nSPS) is 22.3. The summed E-state index contributed by atoms with van der Waals surface area (Å²) in [4.78, 5) is 27.5. The number of nitrogens with one attached hydrogen (secondary N) is 1. The Balaban J connectivity index is 0.00000220. The molecule has 2 fully saturated rings. The van der Waals surface area contributed by atoms with Crippen molar-refractivity contribution in [3.05, 3.63) is 0 Å². The number of hydrogen-bond donors (Lipinski definition) is 1. The molecule has 0 aromatic carbocycles. The van der Waals surface area contributed by atoms with Crippen molar-refractivity contribution in [1.82, 2.24) is 15.1 Å². The molecular weight excluding hydrogens is 294 g/mol. The first-order chi connectivity index (χ1) is 9.66. The Morgan fingerprint density at radius 3 is 2.62 bits per heavy atom. The Morgan fingerprint density at radius 2 is 2.00 bits per heavy atom. The predicted molar refractivity (Wildman–Crippen MR) is 82.5 cm³/mol. The minimum absolute atomic E-state index is 0. The molecule has 0 aromatic heterocycles. The van der Waals surface area contributed by atoms with Crippen LogP contribution in [-0.4, -0.2) is 74.1 Å². The molecule has 2 aliphatic rings. The van der Waals surface area contributed by atoms with Crippen molar-refractivity contribution in [3.8, 4) is 0 Å². The van der Waals surface area contributed by atoms with Gasteiger partial charge in [0.15, 0.2) is 0 Å². The number of amides is 2. The molecule has 0 spiro atoms. The number of hydrogen-bond acceptors (Lipinski definition) is 4. The van der Waals surface area contributed by atoms with Gasteiger partial charge in [0.1, 0.15) is 0 Å². The highest BCUT2D eigenvalue weighted by Gasteiger charge is 2.23. The zero-order valence-corrected chi connectivity index (χ0v) is 13.5. The van der Waals surface area contributed by atoms with E-state index in [1.165, 1.54) is 4.90 Å². The Bertz CT molecular complexity index is 342. The summed E-state index contributed by atoms with van der Waals surface area (Å²) in [5.74, 6) is 0.0345. The number of nitrogens with zero attached hydrogens (tertiary/aromatic N) is 2. The van der Waals surface area contributed by atoms with Crippen molar-refractivity contribution in [2.24, 2.45) is 0 Å². The van der Waals surface area contributed by atoms with Gasteiger partial charge < -0.3 is 19.9 Å². The summed E-state index contributed by atoms with van der Waals surface area (Å²) in [6.45, 7) is 4.05. The second-order valence-corrected chi connectivity index (χ2v) is 5.57. The van der Waals surface area contributed by atoms with Crippen LogP contribution in [0.5, 0.6) is 0 Å². The lowest BCUT2D eigenvalue weighted by Gasteiger charge is -2.30. The molecule has 0 aromatic rings. The quantitative estimate of drug-likeness (QED) is 0.807. The molecule has 1 atom stereocenters. The number of likely N-dealkylation sites (N-methyl/N-ethyl adjacent to an activating group) is 1. The van der Waals surface area contributed by atoms with E-state index in [4.69, 9.17) is 4.74 Å². The van der Waals surface area contributed by atoms with Crippen LogP contribution < -0.4 is 5.32 Å². The van der Waals surface area contributed by atoms with Gasteiger partial charge in [-0.1, -0.05) is 0 Å². The summed E-state index contributed by atoms with van der Waals surface area (Å²) in [5.41, 5.74) is 0. The van der Waals surface area contributed by atoms with Crippen molar-refractivity contribution in [2.75, 3.05) is 46.4 Å². The highest BCUT2D eigenvalue weighted by Crippen LogP contribution is 2.16. The molecule has 1 N–H and O–H groups in total. The molecule has 6 nitrogen and oxygen atoms in total. The lowest BCUT2D eigenvalue weighted by molar-refractivity contribution is -0.141. The van der Waals surface area contributed by atoms with Crippen LogP contribution in [0.25, 0.3) is 0 Å². The van der Waals surface area contributed by atoms with Gasteiger partial charge in [0, 0.05) is 39.8 Å². The second-order valence-electron chi connectivity index (χ2n) is 5.57. The molecule has 2 rings (SSSR count). The molecule has 0 saturated carbocycles. The third kappa shape index (κ3) is 5.80. The Kier molecular flexibility index (Phi) is 8.00. The van der Waals surface area contributed by atoms with Gasteiger partial charge in [-0.2, -0.15) is 0 Å². The fourth-order valence-corrected chi connectivity index (χ4v) is 2.62. The van der Waals surface area contributed by atoms with Crippen LogP contribution in [0.15, 0.2) is 0 Å². The Hall–Kier alpha value is -0.850. The molecule has 122 valence electrons. The zero-order valence-electron chi connectivity index (χ0n) is 12.7. The maximum absolute atomic E-state index is 12.1. The van der Waals surface area contributed by atoms with Crippen LogP contribution in [0.4, 0.5) is 0 Å². The lowest BCUT2D eigenvalue weighted by atomic mass is 10.1. The minimum atomic E-state index is 0. The van der Waals surface area contributed by atoms with Gasteiger partial charge in [0.25, 0.3) is 0 Å². The van der Waals surface area contributed by atoms with Crippen LogP contribution in [0.3, 0.4) is 0 Å². The molecule has 0 aliphatic carbocycles. The van der Waals surface area contributed by atoms with E-state index in [-0.39, 0.29) is 36.9 Å². The third-order valence-corrected chi connectivity index (χ3v) is 3.94. The van der Waals surface area contributed by atoms with Gasteiger partial charge in [-0.15, -0.1) is 12.4 Å². The van der Waals surface area contributed by atoms with E-state index in [2.05, 4.69) is 5.32 Å². The van der Waals surface area contributed by atoms with Crippen molar-refractivity contribution < 1.29 is 14.3 Å². The molecular formula is C14H26ClN3O3. The highest BCUT2D eigenvalue weighted by molar-refractivity contribution is 5.85. The first-order valence-corrected chi connectivity index (χ1v) is 7.51. The van der Waals surface area contributed by atoms with Crippen LogP contribution in [0.1, 0.15) is 25.7 Å². The van der Waals surface area contributed by atoms with Gasteiger partial charge in [0.2, 0.25) is 11.8 Å². The Morgan fingerprint density at radius 1 is 1.29 bits per heavy atom. The fraction of sp³-hybridized carbons (Fsp3) is 0.857. The molecule has 2 heterocycles. The SMILES string of the molecule is CN(CC(=O)N1CCNCC1)C(=O)CC1CCCCO1.Cl. The number of piperazine rings is 1. The van der Waals surface area contributed by atoms with Crippen molar-refractivity contribution in [1.29, 1.82) is 0 Å². The average Bonchev–Trinajstić information content (AvgIpc) is 2.49. The first-order valence-electron chi connectivity index (χ1n) is 7.51. The monoisotopic (exact) mass is 319 g/mol. The van der Waals surface area contributed by atoms with Crippen molar-refractivity contribution >= 4 is 24.2 Å². The maximum Gasteiger partial charge on any atom is 0.242 e. The summed E-state index contributed by atoms with van der Waals surface area (Å²) in [6, 6.07) is 0. The minimum Gasteiger partial charge on any atom is -0.378 e. The summed E-state index contributed by atoms with van der Waals surface area (Å²) < 4.78 is 5.57. The van der Waals surface area contributed by atoms with E-state index >= 15 is 0 Å². The van der Waals surface area contributed by atoms with Crippen molar-refractivity contribution in [3.63, 3.8) is 0 Å². The lowest BCUT2D eigenvalue weighted by Crippen LogP contribution is -2.50. The van der Waals surface area contributed by atoms with E-state index in [9.17, 15) is 9.59 Å². The van der Waals surface area contributed by atoms with E-state index in [1.54, 1.807) is 7.05 Å². The number of rotatable bonds is 4. The van der Waals surface area contributed by atoms with Crippen LogP contribution in [0, 0.1) is 0 Å². The summed E-state index contributed by atoms with van der Waals surface area (Å²) in [6.07, 6.45) is 3.59. The van der Waals surface area contributed by atoms with Gasteiger partial charge in [-0.3, -0.25) is 9.59 Å². The molecule has 21 heavy (non-hydrogen) atoms. The number of halogens is 1. The van der Waals surface area contributed by atoms with Gasteiger partial charge in [-0.05, 0) is 19.3 Å². The topological polar surface area (TPSA) is 61.9 Å². The molecule has 2 aliphatic heterocycles. The van der Waals surface area contributed by atoms with Gasteiger partial charge >= 0.3 is 0 Å². The summed E-state index contributed by atoms with van der Waals surface area (Å²) >= 11 is 0. The number of carbonyl (C=O) groups excluding carboxylic acids is 2. The van der Waals surface area contributed by atoms with E-state index in [1.807, 2.05) is 4.90 Å². The smallest absolute Gasteiger partial charge is 0.242 e.